The summed E-state index contributed by atoms with van der Waals surface area (Å²) in [5.74, 6) is 0.967. The molecule has 6 heteroatoms. The maximum atomic E-state index is 13.0. The summed E-state index contributed by atoms with van der Waals surface area (Å²) < 4.78 is 1.79. The van der Waals surface area contributed by atoms with Crippen LogP contribution >= 0.6 is 0 Å². The first kappa shape index (κ1) is 18.9. The summed E-state index contributed by atoms with van der Waals surface area (Å²) in [4.78, 5) is 22.8. The molecule has 1 atom stereocenters. The highest BCUT2D eigenvalue weighted by atomic mass is 16.3. The predicted molar refractivity (Wildman–Crippen MR) is 105 cm³/mol. The van der Waals surface area contributed by atoms with Crippen molar-refractivity contribution in [3.8, 4) is 5.75 Å². The molecule has 1 aromatic carbocycles. The molecule has 142 valence electrons. The molecule has 2 heterocycles. The summed E-state index contributed by atoms with van der Waals surface area (Å²) in [6, 6.07) is 5.02. The van der Waals surface area contributed by atoms with Crippen molar-refractivity contribution in [1.29, 1.82) is 0 Å². The summed E-state index contributed by atoms with van der Waals surface area (Å²) in [5.41, 5.74) is 0.608. The normalized spacial score (nSPS) is 18.1. The van der Waals surface area contributed by atoms with Crippen LogP contribution < -0.4 is 5.56 Å². The van der Waals surface area contributed by atoms with Crippen LogP contribution in [0.5, 0.6) is 5.75 Å². The molecule has 1 aliphatic rings. The van der Waals surface area contributed by atoms with Gasteiger partial charge in [0.05, 0.1) is 16.9 Å². The van der Waals surface area contributed by atoms with E-state index >= 15 is 0 Å². The Balaban J connectivity index is 2.09. The van der Waals surface area contributed by atoms with E-state index in [9.17, 15) is 9.90 Å². The number of aromatic hydroxyl groups is 1. The minimum absolute atomic E-state index is 0.0588. The van der Waals surface area contributed by atoms with Crippen molar-refractivity contribution in [2.45, 2.75) is 45.7 Å². The summed E-state index contributed by atoms with van der Waals surface area (Å²) in [6.45, 7) is 8.93. The predicted octanol–water partition coefficient (Wildman–Crippen LogP) is 2.60. The second-order valence-electron chi connectivity index (χ2n) is 7.22. The molecule has 2 aromatic rings. The molecule has 1 fully saturated rings. The number of hydrogen-bond acceptors (Lipinski definition) is 5. The quantitative estimate of drug-likeness (QED) is 0.890. The van der Waals surface area contributed by atoms with E-state index in [1.54, 1.807) is 16.7 Å². The van der Waals surface area contributed by atoms with Gasteiger partial charge in [-0.25, -0.2) is 4.98 Å². The Morgan fingerprint density at radius 3 is 2.73 bits per heavy atom. The minimum atomic E-state index is -0.0588. The van der Waals surface area contributed by atoms with Crippen molar-refractivity contribution < 1.29 is 5.11 Å². The van der Waals surface area contributed by atoms with Gasteiger partial charge in [0.15, 0.2) is 0 Å². The lowest BCUT2D eigenvalue weighted by molar-refractivity contribution is 0.180. The van der Waals surface area contributed by atoms with Gasteiger partial charge in [0, 0.05) is 26.2 Å². The largest absolute Gasteiger partial charge is 0.508 e. The Morgan fingerprint density at radius 2 is 2.00 bits per heavy atom. The van der Waals surface area contributed by atoms with Crippen LogP contribution in [0.4, 0.5) is 0 Å². The monoisotopic (exact) mass is 358 g/mol. The second kappa shape index (κ2) is 8.18. The number of phenolic OH excluding ortho intramolecular Hbond substituents is 1. The van der Waals surface area contributed by atoms with Gasteiger partial charge in [0.1, 0.15) is 11.6 Å². The Labute approximate surface area is 155 Å². The van der Waals surface area contributed by atoms with Gasteiger partial charge in [-0.2, -0.15) is 0 Å². The van der Waals surface area contributed by atoms with Crippen LogP contribution in [0.3, 0.4) is 0 Å². The lowest BCUT2D eigenvalue weighted by Gasteiger charge is -2.31. The van der Waals surface area contributed by atoms with E-state index < -0.39 is 0 Å². The second-order valence-corrected chi connectivity index (χ2v) is 7.22. The average molecular weight is 358 g/mol. The zero-order chi connectivity index (χ0) is 18.7. The van der Waals surface area contributed by atoms with Crippen molar-refractivity contribution in [2.75, 3.05) is 33.2 Å². The molecular formula is C20H30N4O2. The minimum Gasteiger partial charge on any atom is -0.508 e. The van der Waals surface area contributed by atoms with Gasteiger partial charge in [-0.3, -0.25) is 14.3 Å². The van der Waals surface area contributed by atoms with Crippen molar-refractivity contribution in [1.82, 2.24) is 19.4 Å². The highest BCUT2D eigenvalue weighted by molar-refractivity contribution is 5.79. The van der Waals surface area contributed by atoms with E-state index in [0.29, 0.717) is 17.4 Å². The van der Waals surface area contributed by atoms with E-state index in [0.717, 1.165) is 51.3 Å². The molecule has 6 nitrogen and oxygen atoms in total. The molecule has 0 bridgehead atoms. The van der Waals surface area contributed by atoms with Crippen LogP contribution in [0.15, 0.2) is 23.0 Å². The van der Waals surface area contributed by atoms with Crippen LogP contribution in [0, 0.1) is 0 Å². The van der Waals surface area contributed by atoms with E-state index in [1.807, 2.05) is 6.92 Å². The Kier molecular flexibility index (Phi) is 5.94. The fraction of sp³-hybridized carbons (Fsp3) is 0.600. The number of benzene rings is 1. The molecule has 0 amide bonds. The lowest BCUT2D eigenvalue weighted by atomic mass is 10.1. The molecule has 1 N–H and O–H groups in total. The molecule has 0 spiro atoms. The van der Waals surface area contributed by atoms with Crippen LogP contribution in [0.25, 0.3) is 10.9 Å². The molecule has 3 rings (SSSR count). The van der Waals surface area contributed by atoms with Gasteiger partial charge in [0.25, 0.3) is 5.56 Å². The van der Waals surface area contributed by atoms with Gasteiger partial charge in [-0.1, -0.05) is 13.3 Å². The van der Waals surface area contributed by atoms with Gasteiger partial charge < -0.3 is 10.0 Å². The number of likely N-dealkylation sites (N-methyl/N-ethyl adjacent to an activating group) is 1. The third kappa shape index (κ3) is 3.76. The van der Waals surface area contributed by atoms with E-state index in [-0.39, 0.29) is 17.4 Å². The summed E-state index contributed by atoms with van der Waals surface area (Å²) >= 11 is 0. The molecule has 1 saturated heterocycles. The Hall–Kier alpha value is -1.92. The maximum Gasteiger partial charge on any atom is 0.261 e. The van der Waals surface area contributed by atoms with Crippen LogP contribution in [-0.2, 0) is 6.54 Å². The summed E-state index contributed by atoms with van der Waals surface area (Å²) in [6.07, 6.45) is 3.17. The molecule has 1 aromatic heterocycles. The molecule has 0 aliphatic carbocycles. The van der Waals surface area contributed by atoms with Crippen molar-refractivity contribution in [3.05, 3.63) is 34.4 Å². The molecule has 0 saturated carbocycles. The standard InChI is InChI=1S/C20H30N4O2/c1-4-7-18(23-11-6-10-22(3)12-13-23)19-21-17-9-8-15(25)14-16(17)20(26)24(19)5-2/h8-9,14,18,25H,4-7,10-13H2,1-3H3. The number of hydrogen-bond donors (Lipinski definition) is 1. The first-order valence-corrected chi connectivity index (χ1v) is 9.71. The van der Waals surface area contributed by atoms with E-state index in [4.69, 9.17) is 4.98 Å². The smallest absolute Gasteiger partial charge is 0.261 e. The van der Waals surface area contributed by atoms with Crippen LogP contribution in [0.1, 0.15) is 45.0 Å². The van der Waals surface area contributed by atoms with Gasteiger partial charge in [0.2, 0.25) is 0 Å². The van der Waals surface area contributed by atoms with E-state index in [1.165, 1.54) is 6.07 Å². The highest BCUT2D eigenvalue weighted by Crippen LogP contribution is 2.27. The number of fused-ring (bicyclic) bond motifs is 1. The van der Waals surface area contributed by atoms with Gasteiger partial charge in [-0.05, 0) is 51.6 Å². The number of aromatic nitrogens is 2. The highest BCUT2D eigenvalue weighted by Gasteiger charge is 2.26. The fourth-order valence-electron chi connectivity index (χ4n) is 3.91. The number of phenols is 1. The van der Waals surface area contributed by atoms with Crippen LogP contribution in [-0.4, -0.2) is 57.7 Å². The first-order valence-electron chi connectivity index (χ1n) is 9.71. The van der Waals surface area contributed by atoms with Gasteiger partial charge in [-0.15, -0.1) is 0 Å². The third-order valence-electron chi connectivity index (χ3n) is 5.34. The van der Waals surface area contributed by atoms with Crippen molar-refractivity contribution in [2.24, 2.45) is 0 Å². The van der Waals surface area contributed by atoms with Crippen molar-refractivity contribution in [3.63, 3.8) is 0 Å². The topological polar surface area (TPSA) is 61.6 Å². The molecule has 1 unspecified atom stereocenters. The fourth-order valence-corrected chi connectivity index (χ4v) is 3.91. The van der Waals surface area contributed by atoms with E-state index in [2.05, 4.69) is 23.8 Å². The molecule has 26 heavy (non-hydrogen) atoms. The first-order chi connectivity index (χ1) is 12.5. The zero-order valence-electron chi connectivity index (χ0n) is 16.1. The van der Waals surface area contributed by atoms with Crippen LogP contribution in [0.2, 0.25) is 0 Å². The average Bonchev–Trinajstić information content (AvgIpc) is 2.85. The summed E-state index contributed by atoms with van der Waals surface area (Å²) in [7, 11) is 2.17. The molecule has 0 radical (unpaired) electrons. The van der Waals surface area contributed by atoms with Gasteiger partial charge >= 0.3 is 0 Å². The Morgan fingerprint density at radius 1 is 1.19 bits per heavy atom. The maximum absolute atomic E-state index is 13.0. The number of nitrogens with zero attached hydrogens (tertiary/aromatic N) is 4. The number of rotatable bonds is 5. The molecular weight excluding hydrogens is 328 g/mol. The Bertz CT molecular complexity index is 817. The third-order valence-corrected chi connectivity index (χ3v) is 5.34. The SMILES string of the molecule is CCCC(c1nc2ccc(O)cc2c(=O)n1CC)N1CCCN(C)CC1. The van der Waals surface area contributed by atoms with Crippen molar-refractivity contribution >= 4 is 10.9 Å². The summed E-state index contributed by atoms with van der Waals surface area (Å²) in [5, 5.41) is 10.2. The zero-order valence-corrected chi connectivity index (χ0v) is 16.1. The molecule has 1 aliphatic heterocycles. The lowest BCUT2D eigenvalue weighted by Crippen LogP contribution is -2.37.